The number of aliphatic hydroxyl groups is 1. The van der Waals surface area contributed by atoms with Crippen molar-refractivity contribution in [1.29, 1.82) is 0 Å². The van der Waals surface area contributed by atoms with Gasteiger partial charge in [0.1, 0.15) is 18.0 Å². The van der Waals surface area contributed by atoms with E-state index in [-0.39, 0.29) is 17.0 Å². The second-order valence-corrected chi connectivity index (χ2v) is 7.61. The molecule has 0 saturated carbocycles. The number of rotatable bonds is 5. The Hall–Kier alpha value is -2.58. The van der Waals surface area contributed by atoms with Gasteiger partial charge in [-0.2, -0.15) is 0 Å². The maximum Gasteiger partial charge on any atom is 0.175 e. The molecule has 1 atom stereocenters. The summed E-state index contributed by atoms with van der Waals surface area (Å²) in [5.74, 6) is -0.130. The molecule has 25 heavy (non-hydrogen) atoms. The maximum absolute atomic E-state index is 13.7. The highest BCUT2D eigenvalue weighted by atomic mass is 32.2. The number of hydrogen-bond donors (Lipinski definition) is 2. The fourth-order valence-corrected chi connectivity index (χ4v) is 3.10. The molecule has 8 heteroatoms. The Kier molecular flexibility index (Phi) is 4.65. The fraction of sp³-hybridized carbons (Fsp3) is 0.176. The number of nitrogens with one attached hydrogen (secondary N) is 1. The smallest absolute Gasteiger partial charge is 0.175 e. The predicted molar refractivity (Wildman–Crippen MR) is 92.5 cm³/mol. The number of benzene rings is 2. The lowest BCUT2D eigenvalue weighted by Gasteiger charge is -2.14. The number of halogens is 1. The number of aromatic nitrogens is 2. The van der Waals surface area contributed by atoms with E-state index in [0.717, 1.165) is 6.26 Å². The van der Waals surface area contributed by atoms with Gasteiger partial charge in [-0.05, 0) is 24.3 Å². The van der Waals surface area contributed by atoms with Crippen LogP contribution in [0.25, 0.3) is 10.9 Å². The van der Waals surface area contributed by atoms with Crippen LogP contribution in [0.15, 0.2) is 53.7 Å². The first-order valence-electron chi connectivity index (χ1n) is 7.47. The molecule has 2 N–H and O–H groups in total. The molecule has 1 unspecified atom stereocenters. The third-order valence-corrected chi connectivity index (χ3v) is 4.87. The van der Waals surface area contributed by atoms with Gasteiger partial charge in [0, 0.05) is 23.8 Å². The summed E-state index contributed by atoms with van der Waals surface area (Å²) in [6.07, 6.45) is 1.37. The molecule has 130 valence electrons. The van der Waals surface area contributed by atoms with Crippen molar-refractivity contribution in [3.8, 4) is 0 Å². The first-order valence-corrected chi connectivity index (χ1v) is 9.36. The van der Waals surface area contributed by atoms with Gasteiger partial charge in [0.2, 0.25) is 0 Å². The van der Waals surface area contributed by atoms with Crippen LogP contribution in [0.1, 0.15) is 11.7 Å². The third-order valence-electron chi connectivity index (χ3n) is 3.76. The predicted octanol–water partition coefficient (Wildman–Crippen LogP) is 2.32. The van der Waals surface area contributed by atoms with E-state index < -0.39 is 21.8 Å². The highest BCUT2D eigenvalue weighted by molar-refractivity contribution is 7.90. The molecule has 0 fully saturated rings. The van der Waals surface area contributed by atoms with Gasteiger partial charge in [0.05, 0.1) is 16.5 Å². The van der Waals surface area contributed by atoms with Crippen LogP contribution in [0.2, 0.25) is 0 Å². The summed E-state index contributed by atoms with van der Waals surface area (Å²) in [4.78, 5) is 8.34. The number of fused-ring (bicyclic) bond motifs is 1. The van der Waals surface area contributed by atoms with Crippen LogP contribution in [0.4, 0.5) is 10.2 Å². The zero-order valence-electron chi connectivity index (χ0n) is 13.3. The largest absolute Gasteiger partial charge is 0.386 e. The van der Waals surface area contributed by atoms with E-state index in [1.807, 2.05) is 0 Å². The minimum Gasteiger partial charge on any atom is -0.386 e. The van der Waals surface area contributed by atoms with Crippen molar-refractivity contribution in [3.63, 3.8) is 0 Å². The Balaban J connectivity index is 1.90. The van der Waals surface area contributed by atoms with Crippen LogP contribution in [0.5, 0.6) is 0 Å². The highest BCUT2D eigenvalue weighted by Crippen LogP contribution is 2.24. The Bertz CT molecular complexity index is 1020. The van der Waals surface area contributed by atoms with Crippen molar-refractivity contribution in [1.82, 2.24) is 9.97 Å². The molecular weight excluding hydrogens is 345 g/mol. The monoisotopic (exact) mass is 361 g/mol. The quantitative estimate of drug-likeness (QED) is 0.725. The van der Waals surface area contributed by atoms with Crippen LogP contribution < -0.4 is 5.32 Å². The third kappa shape index (κ3) is 3.75. The molecule has 0 amide bonds. The van der Waals surface area contributed by atoms with Crippen molar-refractivity contribution < 1.29 is 17.9 Å². The van der Waals surface area contributed by atoms with E-state index in [2.05, 4.69) is 15.3 Å². The van der Waals surface area contributed by atoms with Gasteiger partial charge in [0.15, 0.2) is 9.84 Å². The first-order chi connectivity index (χ1) is 11.9. The van der Waals surface area contributed by atoms with E-state index in [1.165, 1.54) is 30.6 Å². The lowest BCUT2D eigenvalue weighted by Crippen LogP contribution is -2.14. The summed E-state index contributed by atoms with van der Waals surface area (Å²) in [6.45, 7) is 0.0101. The van der Waals surface area contributed by atoms with Crippen LogP contribution in [-0.2, 0) is 9.84 Å². The summed E-state index contributed by atoms with van der Waals surface area (Å²) in [7, 11) is -3.37. The van der Waals surface area contributed by atoms with Gasteiger partial charge >= 0.3 is 0 Å². The second kappa shape index (κ2) is 6.73. The van der Waals surface area contributed by atoms with E-state index in [9.17, 15) is 17.9 Å². The van der Waals surface area contributed by atoms with Crippen LogP contribution in [0, 0.1) is 5.82 Å². The molecule has 0 saturated heterocycles. The maximum atomic E-state index is 13.7. The van der Waals surface area contributed by atoms with Crippen molar-refractivity contribution in [2.24, 2.45) is 0 Å². The fourth-order valence-electron chi connectivity index (χ4n) is 2.46. The Morgan fingerprint density at radius 2 is 1.96 bits per heavy atom. The van der Waals surface area contributed by atoms with Gasteiger partial charge in [-0.15, -0.1) is 0 Å². The van der Waals surface area contributed by atoms with E-state index in [4.69, 9.17) is 0 Å². The Morgan fingerprint density at radius 1 is 1.20 bits per heavy atom. The molecule has 0 radical (unpaired) electrons. The number of sulfone groups is 1. The number of nitrogens with zero attached hydrogens (tertiary/aromatic N) is 2. The molecule has 1 aromatic heterocycles. The molecule has 0 aliphatic rings. The topological polar surface area (TPSA) is 92.2 Å². The normalized spacial score (nSPS) is 12.9. The van der Waals surface area contributed by atoms with E-state index in [1.54, 1.807) is 18.2 Å². The standard InChI is InChI=1S/C17H16FN3O3S/c1-25(23,24)11-6-7-15-13(8-11)17(21-10-20-15)19-9-16(22)12-4-2-3-5-14(12)18/h2-8,10,16,22H,9H2,1H3,(H,19,20,21). The molecule has 2 aromatic carbocycles. The number of anilines is 1. The summed E-state index contributed by atoms with van der Waals surface area (Å²) < 4.78 is 37.2. The molecule has 1 heterocycles. The molecule has 0 bridgehead atoms. The summed E-state index contributed by atoms with van der Waals surface area (Å²) in [5.41, 5.74) is 0.732. The van der Waals surface area contributed by atoms with Gasteiger partial charge in [-0.1, -0.05) is 18.2 Å². The highest BCUT2D eigenvalue weighted by Gasteiger charge is 2.14. The van der Waals surface area contributed by atoms with Crippen molar-refractivity contribution in [2.75, 3.05) is 18.1 Å². The first kappa shape index (κ1) is 17.2. The lowest BCUT2D eigenvalue weighted by molar-refractivity contribution is 0.186. The van der Waals surface area contributed by atoms with Crippen LogP contribution in [-0.4, -0.2) is 36.3 Å². The lowest BCUT2D eigenvalue weighted by atomic mass is 10.1. The summed E-state index contributed by atoms with van der Waals surface area (Å²) >= 11 is 0. The van der Waals surface area contributed by atoms with E-state index in [0.29, 0.717) is 16.7 Å². The second-order valence-electron chi connectivity index (χ2n) is 5.59. The Morgan fingerprint density at radius 3 is 2.68 bits per heavy atom. The molecule has 0 aliphatic heterocycles. The summed E-state index contributed by atoms with van der Waals surface area (Å²) in [6, 6.07) is 10.5. The van der Waals surface area contributed by atoms with Gasteiger partial charge in [-0.3, -0.25) is 0 Å². The van der Waals surface area contributed by atoms with Gasteiger partial charge in [-0.25, -0.2) is 22.8 Å². The van der Waals surface area contributed by atoms with Crippen LogP contribution in [0.3, 0.4) is 0 Å². The van der Waals surface area contributed by atoms with E-state index >= 15 is 0 Å². The molecule has 0 aliphatic carbocycles. The van der Waals surface area contributed by atoms with Crippen molar-refractivity contribution >= 4 is 26.6 Å². The van der Waals surface area contributed by atoms with Crippen LogP contribution >= 0.6 is 0 Å². The number of hydrogen-bond acceptors (Lipinski definition) is 6. The molecule has 3 rings (SSSR count). The SMILES string of the molecule is CS(=O)(=O)c1ccc2ncnc(NCC(O)c3ccccc3F)c2c1. The zero-order valence-corrected chi connectivity index (χ0v) is 14.2. The molecule has 3 aromatic rings. The average Bonchev–Trinajstić information content (AvgIpc) is 2.58. The molecule has 0 spiro atoms. The summed E-state index contributed by atoms with van der Waals surface area (Å²) in [5, 5.41) is 13.6. The minimum atomic E-state index is -3.37. The van der Waals surface area contributed by atoms with Gasteiger partial charge in [0.25, 0.3) is 0 Å². The molecular formula is C17H16FN3O3S. The Labute approximate surface area is 144 Å². The zero-order chi connectivity index (χ0) is 18.0. The van der Waals surface area contributed by atoms with Crippen molar-refractivity contribution in [3.05, 3.63) is 60.2 Å². The van der Waals surface area contributed by atoms with Crippen molar-refractivity contribution in [2.45, 2.75) is 11.0 Å². The average molecular weight is 361 g/mol. The number of aliphatic hydroxyl groups excluding tert-OH is 1. The molecule has 6 nitrogen and oxygen atoms in total. The van der Waals surface area contributed by atoms with Gasteiger partial charge < -0.3 is 10.4 Å². The minimum absolute atomic E-state index is 0.0101.